The number of quaternary nitrogens is 1. The molecular weight excluding hydrogens is 158 g/mol. The average molecular weight is 178 g/mol. The zero-order valence-corrected chi connectivity index (χ0v) is 10.4. The zero-order valence-electron chi connectivity index (χ0n) is 7.85. The summed E-state index contributed by atoms with van der Waals surface area (Å²) in [5.41, 5.74) is 0. The first-order valence-corrected chi connectivity index (χ1v) is 7.93. The number of hydrogen-bond acceptors (Lipinski definition) is 1. The highest BCUT2D eigenvalue weighted by atomic mass is 28.3. The molecule has 0 amide bonds. The van der Waals surface area contributed by atoms with E-state index in [1.165, 1.54) is 10.4 Å². The summed E-state index contributed by atoms with van der Waals surface area (Å²) in [6.07, 6.45) is 0. The van der Waals surface area contributed by atoms with Gasteiger partial charge >= 0.3 is 9.92 Å². The van der Waals surface area contributed by atoms with Gasteiger partial charge in [-0.05, 0) is 20.0 Å². The minimum Gasteiger partial charge on any atom is -0.433 e. The maximum Gasteiger partial charge on any atom is 0.388 e. The van der Waals surface area contributed by atoms with E-state index in [2.05, 4.69) is 27.1 Å². The van der Waals surface area contributed by atoms with Gasteiger partial charge in [-0.3, -0.25) is 0 Å². The molecule has 0 aromatic carbocycles. The van der Waals surface area contributed by atoms with Crippen LogP contribution in [-0.2, 0) is 4.43 Å². The lowest BCUT2D eigenvalue weighted by molar-refractivity contribution is -0.692. The van der Waals surface area contributed by atoms with Crippen LogP contribution in [0.5, 0.6) is 0 Å². The van der Waals surface area contributed by atoms with Crippen molar-refractivity contribution in [2.24, 2.45) is 0 Å². The molecule has 62 valence electrons. The van der Waals surface area contributed by atoms with Crippen LogP contribution in [0.25, 0.3) is 0 Å². The Morgan fingerprint density at radius 2 is 2.00 bits per heavy atom. The van der Waals surface area contributed by atoms with Crippen LogP contribution in [0.3, 0.4) is 0 Å². The fourth-order valence-electron chi connectivity index (χ4n) is 0.900. The van der Waals surface area contributed by atoms with Crippen molar-refractivity contribution in [2.45, 2.75) is 20.0 Å². The molecule has 1 unspecified atom stereocenters. The van der Waals surface area contributed by atoms with Crippen molar-refractivity contribution in [2.75, 3.05) is 20.7 Å². The van der Waals surface area contributed by atoms with Crippen LogP contribution >= 0.6 is 0 Å². The van der Waals surface area contributed by atoms with Gasteiger partial charge in [0, 0.05) is 20.7 Å². The van der Waals surface area contributed by atoms with E-state index >= 15 is 0 Å². The number of hydrogen-bond donors (Lipinski definition) is 0. The minimum absolute atomic E-state index is 0.309. The van der Waals surface area contributed by atoms with E-state index in [9.17, 15) is 0 Å². The Bertz CT molecular complexity index is 99.7. The second-order valence-electron chi connectivity index (χ2n) is 3.31. The Hall–Kier alpha value is 0.354. The Balaban J connectivity index is 3.94. The van der Waals surface area contributed by atoms with Crippen LogP contribution in [0, 0.1) is 0 Å². The first-order chi connectivity index (χ1) is 4.56. The molecule has 0 rings (SSSR count). The lowest BCUT2D eigenvalue weighted by Gasteiger charge is -2.38. The summed E-state index contributed by atoms with van der Waals surface area (Å²) in [7, 11) is 3.33. The van der Waals surface area contributed by atoms with Gasteiger partial charge in [0.15, 0.2) is 0 Å². The SMILES string of the molecule is CC[N+](C)([SiH2]OC)[SiH](C)C. The van der Waals surface area contributed by atoms with Gasteiger partial charge in [-0.2, -0.15) is 0 Å². The van der Waals surface area contributed by atoms with Crippen LogP contribution in [-0.4, -0.2) is 43.4 Å². The van der Waals surface area contributed by atoms with Gasteiger partial charge in [0.25, 0.3) is 0 Å². The summed E-state index contributed by atoms with van der Waals surface area (Å²) in [5.74, 6) is 0. The van der Waals surface area contributed by atoms with E-state index in [1.807, 2.05) is 7.11 Å². The molecule has 0 aliphatic carbocycles. The second-order valence-corrected chi connectivity index (χ2v) is 9.75. The third kappa shape index (κ3) is 2.53. The molecule has 0 radical (unpaired) electrons. The number of nitrogens with zero attached hydrogens (tertiary/aromatic N) is 1. The molecule has 0 saturated heterocycles. The van der Waals surface area contributed by atoms with Crippen LogP contribution in [0.1, 0.15) is 6.92 Å². The van der Waals surface area contributed by atoms with Gasteiger partial charge < -0.3 is 8.24 Å². The largest absolute Gasteiger partial charge is 0.433 e. The van der Waals surface area contributed by atoms with Gasteiger partial charge in [0.2, 0.25) is 8.96 Å². The van der Waals surface area contributed by atoms with Gasteiger partial charge in [-0.15, -0.1) is 0 Å². The topological polar surface area (TPSA) is 9.23 Å². The van der Waals surface area contributed by atoms with Crippen LogP contribution < -0.4 is 0 Å². The molecule has 0 spiro atoms. The van der Waals surface area contributed by atoms with Gasteiger partial charge in [-0.1, -0.05) is 0 Å². The second kappa shape index (κ2) is 4.28. The third-order valence-corrected chi connectivity index (χ3v) is 9.19. The Kier molecular flexibility index (Phi) is 4.43. The smallest absolute Gasteiger partial charge is 0.388 e. The molecule has 0 N–H and O–H groups in total. The first kappa shape index (κ1) is 10.4. The molecule has 0 fully saturated rings. The molecule has 0 saturated carbocycles. The number of rotatable bonds is 4. The third-order valence-electron chi connectivity index (χ3n) is 2.39. The van der Waals surface area contributed by atoms with E-state index in [4.69, 9.17) is 4.43 Å². The molecule has 2 nitrogen and oxygen atoms in total. The van der Waals surface area contributed by atoms with E-state index in [0.29, 0.717) is 0 Å². The zero-order chi connectivity index (χ0) is 8.20. The minimum atomic E-state index is -0.544. The standard InChI is InChI=1S/C6H20NOSi2/c1-6-7(2,9-8-3)10(4)5/h10H,6,9H2,1-5H3/q+1. The lowest BCUT2D eigenvalue weighted by Crippen LogP contribution is -2.55. The normalized spacial score (nSPS) is 18.6. The lowest BCUT2D eigenvalue weighted by atomic mass is 10.8. The Morgan fingerprint density at radius 3 is 2.10 bits per heavy atom. The predicted molar refractivity (Wildman–Crippen MR) is 51.2 cm³/mol. The summed E-state index contributed by atoms with van der Waals surface area (Å²) in [4.78, 5) is 0. The van der Waals surface area contributed by atoms with Crippen molar-refractivity contribution in [3.63, 3.8) is 0 Å². The van der Waals surface area contributed by atoms with E-state index in [-0.39, 0.29) is 9.92 Å². The molecular formula is C6H20NOSi2+. The van der Waals surface area contributed by atoms with Crippen LogP contribution in [0.2, 0.25) is 13.1 Å². The molecule has 0 aliphatic rings. The summed E-state index contributed by atoms with van der Waals surface area (Å²) in [6, 6.07) is 0. The molecule has 1 atom stereocenters. The van der Waals surface area contributed by atoms with Crippen molar-refractivity contribution >= 4 is 18.9 Å². The summed E-state index contributed by atoms with van der Waals surface area (Å²) < 4.78 is 6.58. The molecule has 10 heavy (non-hydrogen) atoms. The van der Waals surface area contributed by atoms with E-state index in [1.54, 1.807) is 0 Å². The molecule has 0 aromatic heterocycles. The fourth-order valence-corrected chi connectivity index (χ4v) is 4.04. The fraction of sp³-hybridized carbons (Fsp3) is 1.00. The maximum atomic E-state index is 5.30. The van der Waals surface area contributed by atoms with Crippen molar-refractivity contribution in [1.82, 2.24) is 0 Å². The van der Waals surface area contributed by atoms with Crippen molar-refractivity contribution in [3.05, 3.63) is 0 Å². The highest BCUT2D eigenvalue weighted by molar-refractivity contribution is 6.53. The Labute approximate surface area is 68.5 Å². The molecule has 0 aromatic rings. The summed E-state index contributed by atoms with van der Waals surface area (Å²) in [6.45, 7) is 8.31. The molecule has 0 aliphatic heterocycles. The summed E-state index contributed by atoms with van der Waals surface area (Å²) >= 11 is 0. The van der Waals surface area contributed by atoms with Gasteiger partial charge in [0.05, 0.1) is 0 Å². The van der Waals surface area contributed by atoms with Crippen LogP contribution in [0.4, 0.5) is 0 Å². The summed E-state index contributed by atoms with van der Waals surface area (Å²) in [5, 5.41) is 0. The molecule has 0 heterocycles. The van der Waals surface area contributed by atoms with Crippen molar-refractivity contribution in [1.29, 1.82) is 0 Å². The highest BCUT2D eigenvalue weighted by Crippen LogP contribution is 2.03. The highest BCUT2D eigenvalue weighted by Gasteiger charge is 2.24. The van der Waals surface area contributed by atoms with E-state index in [0.717, 1.165) is 0 Å². The van der Waals surface area contributed by atoms with Gasteiger partial charge in [0.1, 0.15) is 0 Å². The Morgan fingerprint density at radius 1 is 1.50 bits per heavy atom. The quantitative estimate of drug-likeness (QED) is 0.554. The van der Waals surface area contributed by atoms with Crippen LogP contribution in [0.15, 0.2) is 0 Å². The first-order valence-electron chi connectivity index (χ1n) is 3.90. The average Bonchev–Trinajstić information content (AvgIpc) is 1.88. The molecule has 4 heteroatoms. The predicted octanol–water partition coefficient (Wildman–Crippen LogP) is 0.0815. The monoisotopic (exact) mass is 178 g/mol. The molecule has 0 bridgehead atoms. The van der Waals surface area contributed by atoms with E-state index < -0.39 is 8.96 Å². The van der Waals surface area contributed by atoms with Crippen molar-refractivity contribution < 1.29 is 8.24 Å². The van der Waals surface area contributed by atoms with Gasteiger partial charge in [-0.25, -0.2) is 0 Å². The van der Waals surface area contributed by atoms with Crippen molar-refractivity contribution in [3.8, 4) is 0 Å². The maximum absolute atomic E-state index is 5.30.